The highest BCUT2D eigenvalue weighted by Gasteiger charge is 2.12. The summed E-state index contributed by atoms with van der Waals surface area (Å²) in [6.07, 6.45) is 2.23. The van der Waals surface area contributed by atoms with Crippen LogP contribution in [0.3, 0.4) is 0 Å². The molecule has 0 aromatic heterocycles. The number of nitrogens with one attached hydrogen (secondary N) is 2. The molecule has 0 saturated carbocycles. The fourth-order valence-corrected chi connectivity index (χ4v) is 2.03. The van der Waals surface area contributed by atoms with Gasteiger partial charge in [0, 0.05) is 6.04 Å². The van der Waals surface area contributed by atoms with Crippen molar-refractivity contribution in [3.8, 4) is 11.5 Å². The third-order valence-electron chi connectivity index (χ3n) is 3.08. The van der Waals surface area contributed by atoms with Crippen LogP contribution in [0.2, 0.25) is 0 Å². The Balaban J connectivity index is 2.79. The molecule has 0 aliphatic carbocycles. The van der Waals surface area contributed by atoms with Crippen molar-refractivity contribution in [1.82, 2.24) is 10.6 Å². The monoisotopic (exact) mass is 252 g/mol. The minimum atomic E-state index is 0.346. The molecule has 0 fully saturated rings. The Morgan fingerprint density at radius 3 is 2.39 bits per heavy atom. The van der Waals surface area contributed by atoms with Crippen molar-refractivity contribution in [2.75, 3.05) is 34.9 Å². The second kappa shape index (κ2) is 7.95. The maximum atomic E-state index is 5.33. The first-order chi connectivity index (χ1) is 8.76. The maximum Gasteiger partial charge on any atom is 0.161 e. The van der Waals surface area contributed by atoms with E-state index in [0.29, 0.717) is 6.04 Å². The van der Waals surface area contributed by atoms with E-state index < -0.39 is 0 Å². The number of benzene rings is 1. The Labute approximate surface area is 110 Å². The summed E-state index contributed by atoms with van der Waals surface area (Å²) in [6.45, 7) is 1.03. The van der Waals surface area contributed by atoms with Crippen LogP contribution in [0.15, 0.2) is 18.2 Å². The van der Waals surface area contributed by atoms with E-state index in [9.17, 15) is 0 Å². The standard InChI is InChI=1S/C14H24N2O2/c1-15-9-5-6-12(16-2)11-7-8-13(17-3)14(10-11)18-4/h7-8,10,12,15-16H,5-6,9H2,1-4H3. The van der Waals surface area contributed by atoms with E-state index in [1.165, 1.54) is 5.56 Å². The van der Waals surface area contributed by atoms with Crippen molar-refractivity contribution in [2.24, 2.45) is 0 Å². The second-order valence-electron chi connectivity index (χ2n) is 4.20. The van der Waals surface area contributed by atoms with Gasteiger partial charge in [0.25, 0.3) is 0 Å². The summed E-state index contributed by atoms with van der Waals surface area (Å²) in [5, 5.41) is 6.51. The van der Waals surface area contributed by atoms with Gasteiger partial charge in [-0.05, 0) is 51.2 Å². The van der Waals surface area contributed by atoms with Crippen LogP contribution in [0.5, 0.6) is 11.5 Å². The molecule has 0 saturated heterocycles. The largest absolute Gasteiger partial charge is 0.493 e. The summed E-state index contributed by atoms with van der Waals surface area (Å²) in [7, 11) is 7.28. The van der Waals surface area contributed by atoms with Gasteiger partial charge in [-0.25, -0.2) is 0 Å². The van der Waals surface area contributed by atoms with Gasteiger partial charge in [-0.3, -0.25) is 0 Å². The molecule has 0 spiro atoms. The van der Waals surface area contributed by atoms with Crippen molar-refractivity contribution in [2.45, 2.75) is 18.9 Å². The SMILES string of the molecule is CNCCCC(NC)c1ccc(OC)c(OC)c1. The zero-order chi connectivity index (χ0) is 13.4. The van der Waals surface area contributed by atoms with Gasteiger partial charge in [-0.2, -0.15) is 0 Å². The number of methoxy groups -OCH3 is 2. The van der Waals surface area contributed by atoms with Crippen molar-refractivity contribution in [3.63, 3.8) is 0 Å². The normalized spacial score (nSPS) is 12.2. The summed E-state index contributed by atoms with van der Waals surface area (Å²) < 4.78 is 10.6. The predicted octanol–water partition coefficient (Wildman–Crippen LogP) is 1.96. The first-order valence-electron chi connectivity index (χ1n) is 6.30. The molecule has 1 rings (SSSR count). The highest BCUT2D eigenvalue weighted by Crippen LogP contribution is 2.31. The molecular weight excluding hydrogens is 228 g/mol. The average Bonchev–Trinajstić information content (AvgIpc) is 2.43. The quantitative estimate of drug-likeness (QED) is 0.694. The van der Waals surface area contributed by atoms with E-state index in [1.807, 2.05) is 26.2 Å². The minimum Gasteiger partial charge on any atom is -0.493 e. The van der Waals surface area contributed by atoms with E-state index in [1.54, 1.807) is 14.2 Å². The maximum absolute atomic E-state index is 5.33. The van der Waals surface area contributed by atoms with Crippen molar-refractivity contribution in [1.29, 1.82) is 0 Å². The summed E-state index contributed by atoms with van der Waals surface area (Å²) in [5.41, 5.74) is 1.23. The molecule has 1 aromatic rings. The summed E-state index contributed by atoms with van der Waals surface area (Å²) >= 11 is 0. The van der Waals surface area contributed by atoms with E-state index >= 15 is 0 Å². The summed E-state index contributed by atoms with van der Waals surface area (Å²) in [4.78, 5) is 0. The molecule has 0 radical (unpaired) electrons. The van der Waals surface area contributed by atoms with Gasteiger partial charge in [-0.1, -0.05) is 6.07 Å². The zero-order valence-electron chi connectivity index (χ0n) is 11.7. The Bertz CT molecular complexity index is 356. The van der Waals surface area contributed by atoms with Crippen LogP contribution in [0.4, 0.5) is 0 Å². The van der Waals surface area contributed by atoms with Gasteiger partial charge in [-0.15, -0.1) is 0 Å². The topological polar surface area (TPSA) is 42.5 Å². The Hall–Kier alpha value is -1.26. The van der Waals surface area contributed by atoms with Crippen LogP contribution in [-0.4, -0.2) is 34.9 Å². The average molecular weight is 252 g/mol. The molecular formula is C14H24N2O2. The molecule has 1 aromatic carbocycles. The lowest BCUT2D eigenvalue weighted by Crippen LogP contribution is -2.18. The first kappa shape index (κ1) is 14.8. The van der Waals surface area contributed by atoms with E-state index in [0.717, 1.165) is 30.9 Å². The second-order valence-corrected chi connectivity index (χ2v) is 4.20. The molecule has 1 atom stereocenters. The molecule has 0 aliphatic heterocycles. The lowest BCUT2D eigenvalue weighted by atomic mass is 10.0. The molecule has 2 N–H and O–H groups in total. The van der Waals surface area contributed by atoms with E-state index in [4.69, 9.17) is 9.47 Å². The molecule has 18 heavy (non-hydrogen) atoms. The summed E-state index contributed by atoms with van der Waals surface area (Å²) in [6, 6.07) is 6.43. The fraction of sp³-hybridized carbons (Fsp3) is 0.571. The Morgan fingerprint density at radius 2 is 1.83 bits per heavy atom. The fourth-order valence-electron chi connectivity index (χ4n) is 2.03. The highest BCUT2D eigenvalue weighted by atomic mass is 16.5. The van der Waals surface area contributed by atoms with Crippen LogP contribution in [0.25, 0.3) is 0 Å². The van der Waals surface area contributed by atoms with E-state index in [2.05, 4.69) is 16.7 Å². The van der Waals surface area contributed by atoms with Crippen molar-refractivity contribution < 1.29 is 9.47 Å². The zero-order valence-corrected chi connectivity index (χ0v) is 11.7. The first-order valence-corrected chi connectivity index (χ1v) is 6.30. The summed E-state index contributed by atoms with van der Waals surface area (Å²) in [5.74, 6) is 1.55. The Kier molecular flexibility index (Phi) is 6.54. The third-order valence-corrected chi connectivity index (χ3v) is 3.08. The molecule has 102 valence electrons. The highest BCUT2D eigenvalue weighted by molar-refractivity contribution is 5.43. The molecule has 4 heteroatoms. The Morgan fingerprint density at radius 1 is 1.11 bits per heavy atom. The lowest BCUT2D eigenvalue weighted by Gasteiger charge is -2.18. The number of rotatable bonds is 8. The van der Waals surface area contributed by atoms with Crippen LogP contribution in [0.1, 0.15) is 24.4 Å². The molecule has 0 heterocycles. The van der Waals surface area contributed by atoms with E-state index in [-0.39, 0.29) is 0 Å². The van der Waals surface area contributed by atoms with Crippen LogP contribution in [0, 0.1) is 0 Å². The molecule has 0 aliphatic rings. The molecule has 1 unspecified atom stereocenters. The van der Waals surface area contributed by atoms with Crippen molar-refractivity contribution >= 4 is 0 Å². The van der Waals surface area contributed by atoms with Crippen molar-refractivity contribution in [3.05, 3.63) is 23.8 Å². The minimum absolute atomic E-state index is 0.346. The van der Waals surface area contributed by atoms with Crippen LogP contribution >= 0.6 is 0 Å². The van der Waals surface area contributed by atoms with Gasteiger partial charge in [0.1, 0.15) is 0 Å². The number of hydrogen-bond donors (Lipinski definition) is 2. The van der Waals surface area contributed by atoms with Crippen LogP contribution in [-0.2, 0) is 0 Å². The van der Waals surface area contributed by atoms with Gasteiger partial charge in [0.15, 0.2) is 11.5 Å². The number of hydrogen-bond acceptors (Lipinski definition) is 4. The smallest absolute Gasteiger partial charge is 0.161 e. The van der Waals surface area contributed by atoms with Gasteiger partial charge in [0.2, 0.25) is 0 Å². The van der Waals surface area contributed by atoms with Gasteiger partial charge in [0.05, 0.1) is 14.2 Å². The molecule has 0 bridgehead atoms. The number of ether oxygens (including phenoxy) is 2. The van der Waals surface area contributed by atoms with Gasteiger partial charge < -0.3 is 20.1 Å². The predicted molar refractivity (Wildman–Crippen MR) is 74.5 cm³/mol. The van der Waals surface area contributed by atoms with Gasteiger partial charge >= 0.3 is 0 Å². The molecule has 4 nitrogen and oxygen atoms in total. The molecule has 0 amide bonds. The van der Waals surface area contributed by atoms with Crippen LogP contribution < -0.4 is 20.1 Å². The lowest BCUT2D eigenvalue weighted by molar-refractivity contribution is 0.353. The third kappa shape index (κ3) is 3.89.